The number of nitrogens with zero attached hydrogens (tertiary/aromatic N) is 1. The third-order valence-corrected chi connectivity index (χ3v) is 7.08. The molecule has 3 amide bonds. The molecule has 3 atom stereocenters. The van der Waals surface area contributed by atoms with Crippen LogP contribution in [0.2, 0.25) is 0 Å². The second-order valence-electron chi connectivity index (χ2n) is 12.8. The van der Waals surface area contributed by atoms with Crippen molar-refractivity contribution < 1.29 is 33.8 Å². The van der Waals surface area contributed by atoms with Crippen LogP contribution in [0.3, 0.4) is 0 Å². The zero-order chi connectivity index (χ0) is 33.8. The number of ether oxygens (including phenoxy) is 2. The van der Waals surface area contributed by atoms with Gasteiger partial charge in [0, 0.05) is 13.0 Å². The number of carbonyl (C=O) groups excluding carboxylic acids is 4. The molecule has 0 saturated carbocycles. The van der Waals surface area contributed by atoms with Crippen LogP contribution in [0.15, 0.2) is 54.6 Å². The SMILES string of the molecule is CSCCC(NC(=O)OC(C)(C)C)C(=O)N(CCO)C(C(=O)NC(Cc1ccccc1)C(=O)OC(C)(C)C)c1cccc(C)c1. The van der Waals surface area contributed by atoms with Crippen molar-refractivity contribution in [2.75, 3.05) is 25.2 Å². The summed E-state index contributed by atoms with van der Waals surface area (Å²) in [6.45, 7) is 11.6. The van der Waals surface area contributed by atoms with Gasteiger partial charge < -0.3 is 30.1 Å². The minimum absolute atomic E-state index is 0.159. The Morgan fingerprint density at radius 2 is 1.53 bits per heavy atom. The van der Waals surface area contributed by atoms with Crippen LogP contribution in [0, 0.1) is 6.92 Å². The van der Waals surface area contributed by atoms with Crippen LogP contribution in [-0.4, -0.2) is 82.3 Å². The number of carbonyl (C=O) groups is 4. The largest absolute Gasteiger partial charge is 0.458 e. The standard InChI is InChI=1S/C34H49N3O7S/c1-23-13-12-16-25(21-23)28(29(39)35-27(31(41)43-33(2,3)4)22-24-14-10-9-11-15-24)37(18-19-38)30(40)26(17-20-45-8)36-32(42)44-34(5,6)7/h9-16,21,26-28,38H,17-20,22H2,1-8H3,(H,35,39)(H,36,42). The number of rotatable bonds is 14. The van der Waals surface area contributed by atoms with Gasteiger partial charge in [-0.2, -0.15) is 11.8 Å². The average molecular weight is 644 g/mol. The van der Waals surface area contributed by atoms with Gasteiger partial charge in [-0.1, -0.05) is 60.2 Å². The fraction of sp³-hybridized carbons (Fsp3) is 0.529. The summed E-state index contributed by atoms with van der Waals surface area (Å²) in [6.07, 6.45) is 1.53. The van der Waals surface area contributed by atoms with Gasteiger partial charge in [0.1, 0.15) is 29.3 Å². The maximum Gasteiger partial charge on any atom is 0.408 e. The second-order valence-corrected chi connectivity index (χ2v) is 13.8. The molecule has 10 nitrogen and oxygen atoms in total. The molecule has 2 aromatic carbocycles. The summed E-state index contributed by atoms with van der Waals surface area (Å²) in [5.74, 6) is -1.28. The fourth-order valence-corrected chi connectivity index (χ4v) is 5.07. The van der Waals surface area contributed by atoms with Crippen molar-refractivity contribution in [3.8, 4) is 0 Å². The Labute approximate surface area is 271 Å². The molecular formula is C34H49N3O7S. The van der Waals surface area contributed by atoms with Gasteiger partial charge in [0.05, 0.1) is 6.61 Å². The van der Waals surface area contributed by atoms with Crippen molar-refractivity contribution >= 4 is 35.6 Å². The molecule has 248 valence electrons. The first-order valence-corrected chi connectivity index (χ1v) is 16.5. The molecule has 2 aromatic rings. The summed E-state index contributed by atoms with van der Waals surface area (Å²) in [4.78, 5) is 55.9. The van der Waals surface area contributed by atoms with Crippen molar-refractivity contribution in [1.29, 1.82) is 0 Å². The van der Waals surface area contributed by atoms with E-state index in [9.17, 15) is 24.3 Å². The van der Waals surface area contributed by atoms with Crippen molar-refractivity contribution in [1.82, 2.24) is 15.5 Å². The fourth-order valence-electron chi connectivity index (χ4n) is 4.60. The second kappa shape index (κ2) is 17.2. The summed E-state index contributed by atoms with van der Waals surface area (Å²) < 4.78 is 11.1. The Bertz CT molecular complexity index is 1270. The number of alkyl carbamates (subject to hydrolysis) is 1. The lowest BCUT2D eigenvalue weighted by Gasteiger charge is -2.35. The van der Waals surface area contributed by atoms with E-state index in [2.05, 4.69) is 10.6 Å². The smallest absolute Gasteiger partial charge is 0.408 e. The molecular weight excluding hydrogens is 594 g/mol. The van der Waals surface area contributed by atoms with Crippen LogP contribution in [0.4, 0.5) is 4.79 Å². The quantitative estimate of drug-likeness (QED) is 0.255. The zero-order valence-electron chi connectivity index (χ0n) is 27.7. The van der Waals surface area contributed by atoms with E-state index in [4.69, 9.17) is 9.47 Å². The molecule has 0 aliphatic heterocycles. The van der Waals surface area contributed by atoms with Gasteiger partial charge in [-0.05, 0) is 78.0 Å². The number of benzene rings is 2. The molecule has 0 aliphatic carbocycles. The van der Waals surface area contributed by atoms with E-state index in [1.54, 1.807) is 59.7 Å². The first-order chi connectivity index (χ1) is 21.0. The summed E-state index contributed by atoms with van der Waals surface area (Å²) in [5.41, 5.74) is 0.547. The van der Waals surface area contributed by atoms with Crippen LogP contribution in [-0.2, 0) is 30.3 Å². The Kier molecular flexibility index (Phi) is 14.4. The minimum Gasteiger partial charge on any atom is -0.458 e. The highest BCUT2D eigenvalue weighted by atomic mass is 32.2. The summed E-state index contributed by atoms with van der Waals surface area (Å²) in [7, 11) is 0. The molecule has 0 heterocycles. The maximum absolute atomic E-state index is 14.3. The van der Waals surface area contributed by atoms with Crippen molar-refractivity contribution in [3.63, 3.8) is 0 Å². The van der Waals surface area contributed by atoms with Gasteiger partial charge in [-0.25, -0.2) is 9.59 Å². The predicted octanol–water partition coefficient (Wildman–Crippen LogP) is 4.57. The molecule has 0 bridgehead atoms. The van der Waals surface area contributed by atoms with Crippen molar-refractivity contribution in [2.45, 2.75) is 90.6 Å². The third-order valence-electron chi connectivity index (χ3n) is 6.43. The normalized spacial score (nSPS) is 13.6. The number of amides is 3. The topological polar surface area (TPSA) is 134 Å². The van der Waals surface area contributed by atoms with Crippen molar-refractivity contribution in [3.05, 3.63) is 71.3 Å². The Balaban J connectivity index is 2.56. The lowest BCUT2D eigenvalue weighted by molar-refractivity contribution is -0.159. The lowest BCUT2D eigenvalue weighted by Crippen LogP contribution is -2.55. The number of esters is 1. The molecule has 3 N–H and O–H groups in total. The lowest BCUT2D eigenvalue weighted by atomic mass is 9.99. The number of hydrogen-bond donors (Lipinski definition) is 3. The minimum atomic E-state index is -1.23. The molecule has 0 fully saturated rings. The highest BCUT2D eigenvalue weighted by Gasteiger charge is 2.38. The molecule has 2 rings (SSSR count). The van der Waals surface area contributed by atoms with Gasteiger partial charge in [0.15, 0.2) is 0 Å². The highest BCUT2D eigenvalue weighted by molar-refractivity contribution is 7.98. The van der Waals surface area contributed by atoms with Crippen LogP contribution < -0.4 is 10.6 Å². The molecule has 0 radical (unpaired) electrons. The van der Waals surface area contributed by atoms with Crippen LogP contribution in [0.25, 0.3) is 0 Å². The zero-order valence-corrected chi connectivity index (χ0v) is 28.5. The number of hydrogen-bond acceptors (Lipinski definition) is 8. The monoisotopic (exact) mass is 643 g/mol. The Morgan fingerprint density at radius 1 is 0.889 bits per heavy atom. The first kappa shape index (κ1) is 37.6. The number of aryl methyl sites for hydroxylation is 1. The molecule has 0 saturated heterocycles. The summed E-state index contributed by atoms with van der Waals surface area (Å²) >= 11 is 1.50. The Morgan fingerprint density at radius 3 is 2.09 bits per heavy atom. The highest BCUT2D eigenvalue weighted by Crippen LogP contribution is 2.25. The summed E-state index contributed by atoms with van der Waals surface area (Å²) in [6, 6.07) is 13.0. The van der Waals surface area contributed by atoms with E-state index in [0.717, 1.165) is 11.1 Å². The van der Waals surface area contributed by atoms with E-state index >= 15 is 0 Å². The van der Waals surface area contributed by atoms with E-state index < -0.39 is 59.8 Å². The molecule has 0 aromatic heterocycles. The average Bonchev–Trinajstić information content (AvgIpc) is 2.93. The number of aliphatic hydroxyl groups excluding tert-OH is 1. The van der Waals surface area contributed by atoms with Crippen LogP contribution >= 0.6 is 11.8 Å². The van der Waals surface area contributed by atoms with Gasteiger partial charge in [0.2, 0.25) is 11.8 Å². The van der Waals surface area contributed by atoms with Crippen molar-refractivity contribution in [2.24, 2.45) is 0 Å². The molecule has 0 spiro atoms. The van der Waals surface area contributed by atoms with Gasteiger partial charge in [-0.3, -0.25) is 9.59 Å². The van der Waals surface area contributed by atoms with E-state index in [1.807, 2.05) is 49.6 Å². The maximum atomic E-state index is 14.3. The van der Waals surface area contributed by atoms with Gasteiger partial charge in [-0.15, -0.1) is 0 Å². The first-order valence-electron chi connectivity index (χ1n) is 15.1. The molecule has 45 heavy (non-hydrogen) atoms. The molecule has 11 heteroatoms. The van der Waals surface area contributed by atoms with E-state index in [1.165, 1.54) is 16.7 Å². The number of nitrogens with one attached hydrogen (secondary N) is 2. The number of aliphatic hydroxyl groups is 1. The van der Waals surface area contributed by atoms with Crippen LogP contribution in [0.5, 0.6) is 0 Å². The van der Waals surface area contributed by atoms with Crippen LogP contribution in [0.1, 0.15) is 70.7 Å². The summed E-state index contributed by atoms with van der Waals surface area (Å²) in [5, 5.41) is 15.6. The predicted molar refractivity (Wildman–Crippen MR) is 177 cm³/mol. The number of thioether (sulfide) groups is 1. The van der Waals surface area contributed by atoms with Gasteiger partial charge in [0.25, 0.3) is 0 Å². The third kappa shape index (κ3) is 13.1. The Hall–Kier alpha value is -3.57. The van der Waals surface area contributed by atoms with E-state index in [0.29, 0.717) is 11.3 Å². The molecule has 3 unspecified atom stereocenters. The van der Waals surface area contributed by atoms with Gasteiger partial charge >= 0.3 is 12.1 Å². The van der Waals surface area contributed by atoms with E-state index in [-0.39, 0.29) is 19.4 Å². The molecule has 0 aliphatic rings.